The number of rotatable bonds is 12. The second kappa shape index (κ2) is 14.8. The van der Waals surface area contributed by atoms with E-state index in [1.165, 1.54) is 6.92 Å². The Kier molecular flexibility index (Phi) is 10.6. The standard InChI is InChI=1S/C35H41N5O6S/c1-20(41)37-24-13-11-21-17-30(44-3)33(45-4)34(46-5)32(21)22-12-14-26(29(42)18-23(22)24)38-27(15-16-47-6)35(43)36-19-31-39-25-9-7-8-10-28(25)40(31)2/h7-10,12,14,17-18,24,27H,11,13,15-16,19H2,1-6H3,(H,36,43)(H,37,41)(H,38,42). The Bertz CT molecular complexity index is 1860. The summed E-state index contributed by atoms with van der Waals surface area (Å²) >= 11 is 1.62. The molecule has 3 N–H and O–H groups in total. The minimum Gasteiger partial charge on any atom is -0.493 e. The first-order chi connectivity index (χ1) is 22.7. The van der Waals surface area contributed by atoms with Gasteiger partial charge < -0.3 is 34.7 Å². The van der Waals surface area contributed by atoms with Crippen LogP contribution in [-0.4, -0.2) is 60.7 Å². The molecule has 2 amide bonds. The Balaban J connectivity index is 1.53. The van der Waals surface area contributed by atoms with Crippen molar-refractivity contribution in [3.05, 3.63) is 75.7 Å². The van der Waals surface area contributed by atoms with Crippen LogP contribution in [0.3, 0.4) is 0 Å². The first-order valence-electron chi connectivity index (χ1n) is 15.4. The summed E-state index contributed by atoms with van der Waals surface area (Å²) in [5.41, 5.74) is 4.85. The van der Waals surface area contributed by atoms with Gasteiger partial charge in [0.15, 0.2) is 11.5 Å². The van der Waals surface area contributed by atoms with Crippen molar-refractivity contribution in [1.29, 1.82) is 0 Å². The Morgan fingerprint density at radius 2 is 1.83 bits per heavy atom. The van der Waals surface area contributed by atoms with Gasteiger partial charge in [-0.25, -0.2) is 4.98 Å². The third-order valence-electron chi connectivity index (χ3n) is 8.47. The molecule has 0 fully saturated rings. The number of anilines is 1. The summed E-state index contributed by atoms with van der Waals surface area (Å²) in [5.74, 6) is 2.41. The zero-order chi connectivity index (χ0) is 33.7. The van der Waals surface area contributed by atoms with Crippen LogP contribution in [-0.2, 0) is 29.6 Å². The van der Waals surface area contributed by atoms with E-state index in [0.29, 0.717) is 53.4 Å². The number of carbonyl (C=O) groups is 2. The van der Waals surface area contributed by atoms with Gasteiger partial charge in [0.2, 0.25) is 23.0 Å². The first kappa shape index (κ1) is 33.6. The number of benzene rings is 2. The highest BCUT2D eigenvalue weighted by atomic mass is 32.2. The van der Waals surface area contributed by atoms with Gasteiger partial charge in [0.25, 0.3) is 0 Å². The molecule has 0 saturated carbocycles. The molecule has 1 heterocycles. The number of fused-ring (bicyclic) bond motifs is 4. The summed E-state index contributed by atoms with van der Waals surface area (Å²) in [7, 11) is 6.59. The van der Waals surface area contributed by atoms with Crippen LogP contribution in [0.4, 0.5) is 5.69 Å². The Morgan fingerprint density at radius 1 is 1.06 bits per heavy atom. The van der Waals surface area contributed by atoms with E-state index in [9.17, 15) is 14.4 Å². The SMILES string of the molecule is COc1cc2c(c(OC)c1OC)-c1ccc(NC(CCSC)C(=O)NCc3nc4ccccc4n3C)c(=O)cc1C(NC(C)=O)CC2. The molecule has 248 valence electrons. The topological polar surface area (TPSA) is 133 Å². The van der Waals surface area contributed by atoms with Gasteiger partial charge in [-0.1, -0.05) is 18.2 Å². The van der Waals surface area contributed by atoms with E-state index in [0.717, 1.165) is 28.0 Å². The number of hydrogen-bond acceptors (Lipinski definition) is 9. The minimum absolute atomic E-state index is 0.208. The number of thioether (sulfide) groups is 1. The van der Waals surface area contributed by atoms with Gasteiger partial charge in [-0.3, -0.25) is 14.4 Å². The average molecular weight is 660 g/mol. The lowest BCUT2D eigenvalue weighted by Crippen LogP contribution is -2.41. The molecule has 0 saturated heterocycles. The normalized spacial score (nSPS) is 14.3. The van der Waals surface area contributed by atoms with Crippen molar-refractivity contribution in [2.24, 2.45) is 7.05 Å². The fourth-order valence-corrected chi connectivity index (χ4v) is 6.63. The van der Waals surface area contributed by atoms with E-state index >= 15 is 0 Å². The lowest BCUT2D eigenvalue weighted by Gasteiger charge is -2.19. The highest BCUT2D eigenvalue weighted by Crippen LogP contribution is 2.50. The molecular weight excluding hydrogens is 618 g/mol. The summed E-state index contributed by atoms with van der Waals surface area (Å²) in [6, 6.07) is 13.7. The highest BCUT2D eigenvalue weighted by Gasteiger charge is 2.30. The largest absolute Gasteiger partial charge is 0.493 e. The quantitative estimate of drug-likeness (QED) is 0.200. The first-order valence-corrected chi connectivity index (χ1v) is 16.8. The summed E-state index contributed by atoms with van der Waals surface area (Å²) in [6.45, 7) is 1.70. The van der Waals surface area contributed by atoms with E-state index in [1.54, 1.807) is 45.2 Å². The summed E-state index contributed by atoms with van der Waals surface area (Å²) < 4.78 is 19.1. The molecule has 4 aromatic rings. The molecule has 0 spiro atoms. The van der Waals surface area contributed by atoms with Crippen molar-refractivity contribution in [3.8, 4) is 28.4 Å². The fraction of sp³-hybridized carbons (Fsp3) is 0.371. The molecule has 2 atom stereocenters. The van der Waals surface area contributed by atoms with Crippen molar-refractivity contribution >= 4 is 40.3 Å². The van der Waals surface area contributed by atoms with Crippen LogP contribution in [0.2, 0.25) is 0 Å². The maximum absolute atomic E-state index is 13.9. The minimum atomic E-state index is -0.677. The van der Waals surface area contributed by atoms with Crippen molar-refractivity contribution in [2.45, 2.75) is 44.8 Å². The number of nitrogens with zero attached hydrogens (tertiary/aromatic N) is 2. The summed E-state index contributed by atoms with van der Waals surface area (Å²) in [6.07, 6.45) is 3.61. The van der Waals surface area contributed by atoms with Crippen LogP contribution in [0.1, 0.15) is 42.8 Å². The van der Waals surface area contributed by atoms with Crippen molar-refractivity contribution in [2.75, 3.05) is 38.7 Å². The van der Waals surface area contributed by atoms with Crippen LogP contribution in [0.5, 0.6) is 17.2 Å². The van der Waals surface area contributed by atoms with Gasteiger partial charge in [0.1, 0.15) is 11.9 Å². The van der Waals surface area contributed by atoms with Gasteiger partial charge in [-0.05, 0) is 78.3 Å². The number of para-hydroxylation sites is 2. The van der Waals surface area contributed by atoms with Crippen molar-refractivity contribution in [3.63, 3.8) is 0 Å². The maximum Gasteiger partial charge on any atom is 0.242 e. The van der Waals surface area contributed by atoms with E-state index < -0.39 is 12.1 Å². The van der Waals surface area contributed by atoms with E-state index in [2.05, 4.69) is 20.9 Å². The third kappa shape index (κ3) is 7.02. The smallest absolute Gasteiger partial charge is 0.242 e. The van der Waals surface area contributed by atoms with Gasteiger partial charge in [-0.2, -0.15) is 11.8 Å². The summed E-state index contributed by atoms with van der Waals surface area (Å²) in [5, 5.41) is 9.28. The molecule has 5 rings (SSSR count). The van der Waals surface area contributed by atoms with E-state index in [4.69, 9.17) is 14.2 Å². The number of amides is 2. The molecule has 11 nitrogen and oxygen atoms in total. The second-order valence-electron chi connectivity index (χ2n) is 11.4. The van der Waals surface area contributed by atoms with Gasteiger partial charge in [-0.15, -0.1) is 0 Å². The van der Waals surface area contributed by atoms with Crippen LogP contribution >= 0.6 is 11.8 Å². The number of nitrogens with one attached hydrogen (secondary N) is 3. The van der Waals surface area contributed by atoms with Crippen LogP contribution < -0.4 is 35.6 Å². The highest BCUT2D eigenvalue weighted by molar-refractivity contribution is 7.98. The van der Waals surface area contributed by atoms with Crippen LogP contribution in [0, 0.1) is 0 Å². The molecule has 1 aromatic heterocycles. The van der Waals surface area contributed by atoms with Crippen molar-refractivity contribution < 1.29 is 23.8 Å². The fourth-order valence-electron chi connectivity index (χ4n) is 6.16. The number of carbonyl (C=O) groups excluding carboxylic acids is 2. The van der Waals surface area contributed by atoms with E-state index in [1.807, 2.05) is 54.3 Å². The van der Waals surface area contributed by atoms with Crippen molar-refractivity contribution in [1.82, 2.24) is 20.2 Å². The number of aromatic nitrogens is 2. The lowest BCUT2D eigenvalue weighted by molar-refractivity contribution is -0.122. The average Bonchev–Trinajstić information content (AvgIpc) is 3.20. The molecule has 1 aliphatic rings. The number of aryl methyl sites for hydroxylation is 2. The maximum atomic E-state index is 13.9. The molecule has 0 radical (unpaired) electrons. The zero-order valence-corrected chi connectivity index (χ0v) is 28.4. The van der Waals surface area contributed by atoms with Crippen LogP contribution in [0.15, 0.2) is 53.3 Å². The molecule has 1 aliphatic carbocycles. The second-order valence-corrected chi connectivity index (χ2v) is 12.4. The molecule has 12 heteroatoms. The Morgan fingerprint density at radius 3 is 2.51 bits per heavy atom. The number of methoxy groups -OCH3 is 3. The third-order valence-corrected chi connectivity index (χ3v) is 9.12. The molecule has 0 aliphatic heterocycles. The molecular formula is C35H41N5O6S. The predicted molar refractivity (Wildman–Crippen MR) is 186 cm³/mol. The molecule has 47 heavy (non-hydrogen) atoms. The Labute approximate surface area is 278 Å². The monoisotopic (exact) mass is 659 g/mol. The van der Waals surface area contributed by atoms with E-state index in [-0.39, 0.29) is 29.5 Å². The van der Waals surface area contributed by atoms with Crippen LogP contribution in [0.25, 0.3) is 22.2 Å². The molecule has 0 bridgehead atoms. The molecule has 2 unspecified atom stereocenters. The number of ether oxygens (including phenoxy) is 3. The van der Waals surface area contributed by atoms with Gasteiger partial charge in [0.05, 0.1) is 50.6 Å². The summed E-state index contributed by atoms with van der Waals surface area (Å²) in [4.78, 5) is 44.4. The predicted octanol–water partition coefficient (Wildman–Crippen LogP) is 4.60. The van der Waals surface area contributed by atoms with Gasteiger partial charge >= 0.3 is 0 Å². The zero-order valence-electron chi connectivity index (χ0n) is 27.6. The Hall–Kier alpha value is -4.71. The lowest BCUT2D eigenvalue weighted by atomic mass is 9.95. The molecule has 3 aromatic carbocycles. The number of imidazole rings is 1. The van der Waals surface area contributed by atoms with Gasteiger partial charge in [0, 0.05) is 19.5 Å². The number of hydrogen-bond donors (Lipinski definition) is 3.